The van der Waals surface area contributed by atoms with Gasteiger partial charge < -0.3 is 5.32 Å². The van der Waals surface area contributed by atoms with Crippen molar-refractivity contribution in [3.05, 3.63) is 46.8 Å². The number of aryl methyl sites for hydroxylation is 2. The van der Waals surface area contributed by atoms with Crippen LogP contribution in [-0.2, 0) is 0 Å². The second-order valence-electron chi connectivity index (χ2n) is 4.90. The third-order valence-corrected chi connectivity index (χ3v) is 3.54. The zero-order valence-electron chi connectivity index (χ0n) is 11.8. The minimum atomic E-state index is 0.323. The van der Waals surface area contributed by atoms with E-state index in [2.05, 4.69) is 56.3 Å². The quantitative estimate of drug-likeness (QED) is 0.897. The minimum absolute atomic E-state index is 0.323. The van der Waals surface area contributed by atoms with Crippen molar-refractivity contribution < 1.29 is 0 Å². The molecule has 0 saturated carbocycles. The van der Waals surface area contributed by atoms with Crippen LogP contribution in [0.1, 0.15) is 35.3 Å². The van der Waals surface area contributed by atoms with Gasteiger partial charge in [0.25, 0.3) is 0 Å². The van der Waals surface area contributed by atoms with E-state index in [0.29, 0.717) is 6.04 Å². The van der Waals surface area contributed by atoms with Crippen LogP contribution in [0.25, 0.3) is 5.69 Å². The lowest BCUT2D eigenvalue weighted by molar-refractivity contribution is 0.647. The molecule has 1 atom stereocenters. The van der Waals surface area contributed by atoms with Gasteiger partial charge in [0.05, 0.1) is 11.9 Å². The molecule has 96 valence electrons. The largest absolute Gasteiger partial charge is 0.313 e. The Kier molecular flexibility index (Phi) is 3.53. The van der Waals surface area contributed by atoms with E-state index >= 15 is 0 Å². The molecule has 0 aliphatic heterocycles. The maximum Gasteiger partial charge on any atom is 0.0680 e. The summed E-state index contributed by atoms with van der Waals surface area (Å²) in [4.78, 5) is 0. The minimum Gasteiger partial charge on any atom is -0.313 e. The number of benzene rings is 1. The Morgan fingerprint density at radius 3 is 2.61 bits per heavy atom. The molecule has 18 heavy (non-hydrogen) atoms. The van der Waals surface area contributed by atoms with Gasteiger partial charge in [0.1, 0.15) is 0 Å². The Morgan fingerprint density at radius 2 is 1.94 bits per heavy atom. The Bertz CT molecular complexity index is 555. The van der Waals surface area contributed by atoms with Crippen LogP contribution in [0.15, 0.2) is 24.4 Å². The molecule has 2 aromatic rings. The van der Waals surface area contributed by atoms with Crippen LogP contribution in [0.3, 0.4) is 0 Å². The summed E-state index contributed by atoms with van der Waals surface area (Å²) in [5.74, 6) is 0. The SMILES string of the molecule is CNC(C)c1cnn(-c2cc(C)ccc2C)c1C. The van der Waals surface area contributed by atoms with E-state index in [0.717, 1.165) is 0 Å². The van der Waals surface area contributed by atoms with Crippen molar-refractivity contribution in [1.29, 1.82) is 0 Å². The molecular formula is C15H21N3. The highest BCUT2D eigenvalue weighted by Crippen LogP contribution is 2.22. The summed E-state index contributed by atoms with van der Waals surface area (Å²) < 4.78 is 2.03. The molecule has 0 amide bonds. The Morgan fingerprint density at radius 1 is 1.22 bits per heavy atom. The van der Waals surface area contributed by atoms with Crippen molar-refractivity contribution >= 4 is 0 Å². The van der Waals surface area contributed by atoms with Crippen LogP contribution < -0.4 is 5.32 Å². The number of hydrogen-bond acceptors (Lipinski definition) is 2. The molecule has 1 aromatic carbocycles. The summed E-state index contributed by atoms with van der Waals surface area (Å²) >= 11 is 0. The lowest BCUT2D eigenvalue weighted by Gasteiger charge is -2.12. The molecule has 0 aliphatic rings. The Balaban J connectivity index is 2.52. The van der Waals surface area contributed by atoms with Crippen LogP contribution >= 0.6 is 0 Å². The van der Waals surface area contributed by atoms with Crippen molar-refractivity contribution in [3.63, 3.8) is 0 Å². The van der Waals surface area contributed by atoms with Crippen LogP contribution in [0.5, 0.6) is 0 Å². The molecule has 0 radical (unpaired) electrons. The van der Waals surface area contributed by atoms with E-state index in [4.69, 9.17) is 0 Å². The summed E-state index contributed by atoms with van der Waals surface area (Å²) in [7, 11) is 1.97. The van der Waals surface area contributed by atoms with Crippen molar-refractivity contribution in [2.24, 2.45) is 0 Å². The van der Waals surface area contributed by atoms with Crippen LogP contribution in [0, 0.1) is 20.8 Å². The molecule has 0 spiro atoms. The zero-order valence-corrected chi connectivity index (χ0v) is 11.8. The van der Waals surface area contributed by atoms with Gasteiger partial charge in [-0.25, -0.2) is 4.68 Å². The maximum absolute atomic E-state index is 4.53. The van der Waals surface area contributed by atoms with E-state index in [-0.39, 0.29) is 0 Å². The standard InChI is InChI=1S/C15H21N3/c1-10-6-7-11(2)15(8-10)18-13(4)14(9-17-18)12(3)16-5/h6-9,12,16H,1-5H3. The molecule has 1 aromatic heterocycles. The molecule has 3 nitrogen and oxygen atoms in total. The van der Waals surface area contributed by atoms with Gasteiger partial charge in [-0.15, -0.1) is 0 Å². The zero-order chi connectivity index (χ0) is 13.3. The van der Waals surface area contributed by atoms with Crippen LogP contribution in [-0.4, -0.2) is 16.8 Å². The molecule has 0 bridgehead atoms. The first-order valence-electron chi connectivity index (χ1n) is 6.34. The fourth-order valence-corrected chi connectivity index (χ4v) is 2.19. The smallest absolute Gasteiger partial charge is 0.0680 e. The lowest BCUT2D eigenvalue weighted by atomic mass is 10.1. The Hall–Kier alpha value is -1.61. The number of nitrogens with zero attached hydrogens (tertiary/aromatic N) is 2. The molecule has 3 heteroatoms. The monoisotopic (exact) mass is 243 g/mol. The predicted molar refractivity (Wildman–Crippen MR) is 75.2 cm³/mol. The summed E-state index contributed by atoms with van der Waals surface area (Å²) in [5, 5.41) is 7.79. The molecule has 1 unspecified atom stereocenters. The third kappa shape index (κ3) is 2.18. The Labute approximate surface area is 109 Å². The molecule has 1 heterocycles. The molecule has 1 N–H and O–H groups in total. The van der Waals surface area contributed by atoms with Gasteiger partial charge in [0.2, 0.25) is 0 Å². The van der Waals surface area contributed by atoms with E-state index < -0.39 is 0 Å². The predicted octanol–water partition coefficient (Wildman–Crippen LogP) is 3.08. The van der Waals surface area contributed by atoms with Gasteiger partial charge >= 0.3 is 0 Å². The van der Waals surface area contributed by atoms with E-state index in [9.17, 15) is 0 Å². The lowest BCUT2D eigenvalue weighted by Crippen LogP contribution is -2.13. The van der Waals surface area contributed by atoms with Gasteiger partial charge in [-0.3, -0.25) is 0 Å². The summed E-state index contributed by atoms with van der Waals surface area (Å²) in [6, 6.07) is 6.79. The summed E-state index contributed by atoms with van der Waals surface area (Å²) in [6.07, 6.45) is 1.96. The van der Waals surface area contributed by atoms with Crippen LogP contribution in [0.4, 0.5) is 0 Å². The van der Waals surface area contributed by atoms with Gasteiger partial charge in [-0.05, 0) is 51.9 Å². The second kappa shape index (κ2) is 4.94. The van der Waals surface area contributed by atoms with Crippen molar-refractivity contribution in [1.82, 2.24) is 15.1 Å². The fraction of sp³-hybridized carbons (Fsp3) is 0.400. The number of nitrogens with one attached hydrogen (secondary N) is 1. The van der Waals surface area contributed by atoms with E-state index in [1.807, 2.05) is 17.9 Å². The van der Waals surface area contributed by atoms with Gasteiger partial charge in [-0.2, -0.15) is 5.10 Å². The topological polar surface area (TPSA) is 29.9 Å². The van der Waals surface area contributed by atoms with Crippen LogP contribution in [0.2, 0.25) is 0 Å². The van der Waals surface area contributed by atoms with E-state index in [1.54, 1.807) is 0 Å². The van der Waals surface area contributed by atoms with Crippen molar-refractivity contribution in [2.75, 3.05) is 7.05 Å². The number of aromatic nitrogens is 2. The van der Waals surface area contributed by atoms with Crippen molar-refractivity contribution in [3.8, 4) is 5.69 Å². The normalized spacial score (nSPS) is 12.7. The first-order chi connectivity index (χ1) is 8.54. The van der Waals surface area contributed by atoms with Gasteiger partial charge in [0, 0.05) is 17.3 Å². The van der Waals surface area contributed by atoms with Gasteiger partial charge in [-0.1, -0.05) is 12.1 Å². The average Bonchev–Trinajstić information content (AvgIpc) is 2.73. The molecule has 0 fully saturated rings. The molecule has 0 saturated heterocycles. The highest BCUT2D eigenvalue weighted by atomic mass is 15.3. The second-order valence-corrected chi connectivity index (χ2v) is 4.90. The third-order valence-electron chi connectivity index (χ3n) is 3.54. The highest BCUT2D eigenvalue weighted by molar-refractivity contribution is 5.44. The fourth-order valence-electron chi connectivity index (χ4n) is 2.19. The summed E-state index contributed by atoms with van der Waals surface area (Å²) in [6.45, 7) is 8.51. The van der Waals surface area contributed by atoms with E-state index in [1.165, 1.54) is 28.1 Å². The average molecular weight is 243 g/mol. The molecule has 0 aliphatic carbocycles. The highest BCUT2D eigenvalue weighted by Gasteiger charge is 2.13. The molecule has 2 rings (SSSR count). The number of rotatable bonds is 3. The van der Waals surface area contributed by atoms with Crippen molar-refractivity contribution in [2.45, 2.75) is 33.7 Å². The van der Waals surface area contributed by atoms with Gasteiger partial charge in [0.15, 0.2) is 0 Å². The molecular weight excluding hydrogens is 222 g/mol. The first kappa shape index (κ1) is 12.8. The summed E-state index contributed by atoms with van der Waals surface area (Å²) in [5.41, 5.74) is 6.12. The first-order valence-corrected chi connectivity index (χ1v) is 6.34. The number of hydrogen-bond donors (Lipinski definition) is 1. The maximum atomic E-state index is 4.53.